The third-order valence-electron chi connectivity index (χ3n) is 2.23. The topological polar surface area (TPSA) is 12.9 Å². The maximum atomic E-state index is 12.3. The summed E-state index contributed by atoms with van der Waals surface area (Å²) in [6.07, 6.45) is -3.53. The first-order chi connectivity index (χ1) is 7.97. The van der Waals surface area contributed by atoms with Gasteiger partial charge >= 0.3 is 6.18 Å². The summed E-state index contributed by atoms with van der Waals surface area (Å²) in [7, 11) is 0. The molecule has 0 saturated heterocycles. The minimum Gasteiger partial charge on any atom is -0.256 e. The highest BCUT2D eigenvalue weighted by molar-refractivity contribution is 6.30. The monoisotopic (exact) mass is 257 g/mol. The van der Waals surface area contributed by atoms with Gasteiger partial charge in [0, 0.05) is 16.8 Å². The molecule has 0 saturated carbocycles. The van der Waals surface area contributed by atoms with Gasteiger partial charge in [0.15, 0.2) is 0 Å². The van der Waals surface area contributed by atoms with E-state index in [1.54, 1.807) is 24.3 Å². The van der Waals surface area contributed by atoms with Crippen molar-refractivity contribution in [2.75, 3.05) is 0 Å². The van der Waals surface area contributed by atoms with Crippen molar-refractivity contribution in [3.8, 4) is 11.3 Å². The quantitative estimate of drug-likeness (QED) is 0.737. The van der Waals surface area contributed by atoms with Gasteiger partial charge in [-0.1, -0.05) is 23.7 Å². The van der Waals surface area contributed by atoms with Crippen LogP contribution in [0.4, 0.5) is 13.2 Å². The molecule has 17 heavy (non-hydrogen) atoms. The van der Waals surface area contributed by atoms with Crippen molar-refractivity contribution in [1.82, 2.24) is 4.98 Å². The van der Waals surface area contributed by atoms with Crippen LogP contribution in [0, 0.1) is 0 Å². The van der Waals surface area contributed by atoms with Crippen molar-refractivity contribution >= 4 is 11.6 Å². The molecule has 88 valence electrons. The zero-order valence-electron chi connectivity index (χ0n) is 8.50. The maximum absolute atomic E-state index is 12.3. The molecule has 1 aromatic heterocycles. The van der Waals surface area contributed by atoms with E-state index >= 15 is 0 Å². The molecule has 0 unspecified atom stereocenters. The lowest BCUT2D eigenvalue weighted by Crippen LogP contribution is -2.05. The fraction of sp³-hybridized carbons (Fsp3) is 0.0833. The van der Waals surface area contributed by atoms with Gasteiger partial charge in [0.05, 0.1) is 11.3 Å². The van der Waals surface area contributed by atoms with E-state index in [1.165, 1.54) is 6.07 Å². The molecule has 0 spiro atoms. The lowest BCUT2D eigenvalue weighted by Gasteiger charge is -2.06. The molecule has 0 amide bonds. The molecule has 1 heterocycles. The molecule has 1 nitrogen and oxygen atoms in total. The fourth-order valence-corrected chi connectivity index (χ4v) is 1.48. The Kier molecular flexibility index (Phi) is 3.07. The van der Waals surface area contributed by atoms with Crippen LogP contribution in [0.5, 0.6) is 0 Å². The van der Waals surface area contributed by atoms with Gasteiger partial charge in [0.2, 0.25) is 0 Å². The third kappa shape index (κ3) is 2.77. The molecular formula is C12H7ClF3N. The van der Waals surface area contributed by atoms with E-state index in [4.69, 9.17) is 11.6 Å². The minimum absolute atomic E-state index is 0.481. The number of rotatable bonds is 1. The maximum Gasteiger partial charge on any atom is 0.417 e. The second kappa shape index (κ2) is 4.37. The molecule has 0 aliphatic rings. The smallest absolute Gasteiger partial charge is 0.256 e. The van der Waals surface area contributed by atoms with Crippen molar-refractivity contribution in [1.29, 1.82) is 0 Å². The van der Waals surface area contributed by atoms with Crippen molar-refractivity contribution in [2.45, 2.75) is 6.18 Å². The van der Waals surface area contributed by atoms with Gasteiger partial charge in [-0.05, 0) is 24.3 Å². The highest BCUT2D eigenvalue weighted by atomic mass is 35.5. The molecule has 0 atom stereocenters. The van der Waals surface area contributed by atoms with Gasteiger partial charge in [0.1, 0.15) is 0 Å². The second-order valence-corrected chi connectivity index (χ2v) is 3.87. The Bertz CT molecular complexity index is 503. The molecule has 5 heteroatoms. The molecule has 0 N–H and O–H groups in total. The number of benzene rings is 1. The highest BCUT2D eigenvalue weighted by Gasteiger charge is 2.30. The van der Waals surface area contributed by atoms with Gasteiger partial charge in [-0.3, -0.25) is 4.98 Å². The first-order valence-corrected chi connectivity index (χ1v) is 5.14. The van der Waals surface area contributed by atoms with Crippen LogP contribution in [0.15, 0.2) is 42.6 Å². The average molecular weight is 258 g/mol. The van der Waals surface area contributed by atoms with Gasteiger partial charge in [-0.25, -0.2) is 0 Å². The van der Waals surface area contributed by atoms with Crippen LogP contribution in [0.25, 0.3) is 11.3 Å². The zero-order chi connectivity index (χ0) is 12.5. The van der Waals surface area contributed by atoms with E-state index in [9.17, 15) is 13.2 Å². The van der Waals surface area contributed by atoms with E-state index in [1.807, 2.05) is 0 Å². The standard InChI is InChI=1S/C12H7ClF3N/c13-10-4-1-8(2-5-10)11-6-3-9(7-17-11)12(14,15)16/h1-7H. The summed E-state index contributed by atoms with van der Waals surface area (Å²) in [5.74, 6) is 0. The van der Waals surface area contributed by atoms with E-state index < -0.39 is 11.7 Å². The van der Waals surface area contributed by atoms with E-state index in [-0.39, 0.29) is 0 Å². The summed E-state index contributed by atoms with van der Waals surface area (Å²) in [6, 6.07) is 9.09. The molecule has 1 aromatic carbocycles. The van der Waals surface area contributed by atoms with Crippen molar-refractivity contribution in [2.24, 2.45) is 0 Å². The molecule has 0 aliphatic carbocycles. The molecule has 2 rings (SSSR count). The predicted molar refractivity (Wildman–Crippen MR) is 59.7 cm³/mol. The first kappa shape index (κ1) is 11.9. The fourth-order valence-electron chi connectivity index (χ4n) is 1.35. The zero-order valence-corrected chi connectivity index (χ0v) is 9.26. The Morgan fingerprint density at radius 1 is 0.941 bits per heavy atom. The van der Waals surface area contributed by atoms with Crippen LogP contribution < -0.4 is 0 Å². The summed E-state index contributed by atoms with van der Waals surface area (Å²) < 4.78 is 37.0. The third-order valence-corrected chi connectivity index (χ3v) is 2.48. The van der Waals surface area contributed by atoms with Gasteiger partial charge in [0.25, 0.3) is 0 Å². The Morgan fingerprint density at radius 3 is 2.06 bits per heavy atom. The average Bonchev–Trinajstić information content (AvgIpc) is 2.29. The van der Waals surface area contributed by atoms with Crippen LogP contribution in [0.2, 0.25) is 5.02 Å². The summed E-state index contributed by atoms with van der Waals surface area (Å²) in [4.78, 5) is 3.78. The van der Waals surface area contributed by atoms with Gasteiger partial charge < -0.3 is 0 Å². The van der Waals surface area contributed by atoms with Crippen LogP contribution in [-0.4, -0.2) is 4.98 Å². The lowest BCUT2D eigenvalue weighted by atomic mass is 10.1. The lowest BCUT2D eigenvalue weighted by molar-refractivity contribution is -0.137. The van der Waals surface area contributed by atoms with Crippen LogP contribution in [0.1, 0.15) is 5.56 Å². The van der Waals surface area contributed by atoms with Crippen molar-refractivity contribution < 1.29 is 13.2 Å². The molecular weight excluding hydrogens is 251 g/mol. The Labute approximate surface area is 101 Å². The highest BCUT2D eigenvalue weighted by Crippen LogP contribution is 2.29. The summed E-state index contributed by atoms with van der Waals surface area (Å²) in [5, 5.41) is 0.570. The largest absolute Gasteiger partial charge is 0.417 e. The number of alkyl halides is 3. The van der Waals surface area contributed by atoms with E-state index in [0.717, 1.165) is 17.8 Å². The van der Waals surface area contributed by atoms with Crippen molar-refractivity contribution in [3.05, 3.63) is 53.2 Å². The van der Waals surface area contributed by atoms with Gasteiger partial charge in [-0.15, -0.1) is 0 Å². The normalized spacial score (nSPS) is 11.5. The van der Waals surface area contributed by atoms with Gasteiger partial charge in [-0.2, -0.15) is 13.2 Å². The van der Waals surface area contributed by atoms with E-state index in [0.29, 0.717) is 10.7 Å². The molecule has 2 aromatic rings. The number of nitrogens with zero attached hydrogens (tertiary/aromatic N) is 1. The molecule has 0 radical (unpaired) electrons. The number of hydrogen-bond acceptors (Lipinski definition) is 1. The van der Waals surface area contributed by atoms with Crippen LogP contribution >= 0.6 is 11.6 Å². The summed E-state index contributed by atoms with van der Waals surface area (Å²) >= 11 is 5.72. The molecule has 0 aliphatic heterocycles. The minimum atomic E-state index is -4.36. The summed E-state index contributed by atoms with van der Waals surface area (Å²) in [5.41, 5.74) is 0.452. The van der Waals surface area contributed by atoms with Crippen molar-refractivity contribution in [3.63, 3.8) is 0 Å². The number of halogens is 4. The molecule has 0 fully saturated rings. The second-order valence-electron chi connectivity index (χ2n) is 3.44. The Balaban J connectivity index is 2.33. The Hall–Kier alpha value is -1.55. The van der Waals surface area contributed by atoms with Crippen LogP contribution in [0.3, 0.4) is 0 Å². The van der Waals surface area contributed by atoms with Crippen LogP contribution in [-0.2, 0) is 6.18 Å². The molecule has 0 bridgehead atoms. The number of pyridine rings is 1. The number of hydrogen-bond donors (Lipinski definition) is 0. The predicted octanol–water partition coefficient (Wildman–Crippen LogP) is 4.42. The summed E-state index contributed by atoms with van der Waals surface area (Å²) in [6.45, 7) is 0. The SMILES string of the molecule is FC(F)(F)c1ccc(-c2ccc(Cl)cc2)nc1. The number of aromatic nitrogens is 1. The first-order valence-electron chi connectivity index (χ1n) is 4.76. The Morgan fingerprint density at radius 2 is 1.59 bits per heavy atom. The van der Waals surface area contributed by atoms with E-state index in [2.05, 4.69) is 4.98 Å².